The minimum atomic E-state index is -0.409. The molecule has 0 saturated carbocycles. The minimum Gasteiger partial charge on any atom is -0.258 e. The largest absolute Gasteiger partial charge is 0.277 e. The van der Waals surface area contributed by atoms with Crippen LogP contribution in [0.2, 0.25) is 0 Å². The Hall–Kier alpha value is -2.10. The van der Waals surface area contributed by atoms with Crippen molar-refractivity contribution in [3.05, 3.63) is 46.5 Å². The van der Waals surface area contributed by atoms with Gasteiger partial charge in [0.25, 0.3) is 5.69 Å². The lowest BCUT2D eigenvalue weighted by Gasteiger charge is -2.01. The third-order valence-electron chi connectivity index (χ3n) is 2.24. The van der Waals surface area contributed by atoms with Gasteiger partial charge in [-0.15, -0.1) is 0 Å². The van der Waals surface area contributed by atoms with Gasteiger partial charge in [-0.2, -0.15) is 4.99 Å². The predicted molar refractivity (Wildman–Crippen MR) is 65.3 cm³/mol. The van der Waals surface area contributed by atoms with Gasteiger partial charge in [0.2, 0.25) is 0 Å². The highest BCUT2D eigenvalue weighted by atomic mass is 32.1. The molecule has 4 nitrogen and oxygen atoms in total. The fraction of sp³-hybridized carbons (Fsp3) is 0. The molecule has 0 atom stereocenters. The molecule has 0 aliphatic rings. The number of nitro benzene ring substituents is 1. The molecule has 2 rings (SSSR count). The van der Waals surface area contributed by atoms with Crippen LogP contribution in [0.5, 0.6) is 0 Å². The zero-order valence-electron chi connectivity index (χ0n) is 8.08. The van der Waals surface area contributed by atoms with Crippen LogP contribution in [-0.2, 0) is 0 Å². The van der Waals surface area contributed by atoms with Gasteiger partial charge in [-0.1, -0.05) is 18.2 Å². The third kappa shape index (κ3) is 1.69. The maximum absolute atomic E-state index is 10.8. The van der Waals surface area contributed by atoms with Gasteiger partial charge in [-0.25, -0.2) is 0 Å². The smallest absolute Gasteiger partial charge is 0.258 e. The number of aliphatic imine (C=N–C) groups is 1. The van der Waals surface area contributed by atoms with E-state index >= 15 is 0 Å². The number of fused-ring (bicyclic) bond motifs is 1. The Morgan fingerprint density at radius 1 is 1.19 bits per heavy atom. The Morgan fingerprint density at radius 3 is 2.50 bits per heavy atom. The molecular formula is C11H6N2O2S. The number of isothiocyanates is 1. The lowest BCUT2D eigenvalue weighted by molar-refractivity contribution is -0.383. The zero-order chi connectivity index (χ0) is 11.5. The summed E-state index contributed by atoms with van der Waals surface area (Å²) < 4.78 is 0. The van der Waals surface area contributed by atoms with Crippen LogP contribution in [-0.4, -0.2) is 10.1 Å². The molecule has 78 valence electrons. The molecule has 0 heterocycles. The third-order valence-corrected chi connectivity index (χ3v) is 2.33. The van der Waals surface area contributed by atoms with Crippen LogP contribution in [0.3, 0.4) is 0 Å². The summed E-state index contributed by atoms with van der Waals surface area (Å²) in [5, 5.41) is 14.3. The van der Waals surface area contributed by atoms with Gasteiger partial charge in [-0.05, 0) is 24.4 Å². The van der Waals surface area contributed by atoms with Crippen LogP contribution in [0.1, 0.15) is 0 Å². The molecule has 0 bridgehead atoms. The fourth-order valence-electron chi connectivity index (χ4n) is 1.57. The van der Waals surface area contributed by atoms with Crippen molar-refractivity contribution < 1.29 is 4.92 Å². The van der Waals surface area contributed by atoms with Crippen LogP contribution < -0.4 is 0 Å². The summed E-state index contributed by atoms with van der Waals surface area (Å²) in [7, 11) is 0. The summed E-state index contributed by atoms with van der Waals surface area (Å²) in [6, 6.07) is 10.0. The molecule has 0 unspecified atom stereocenters. The highest BCUT2D eigenvalue weighted by Gasteiger charge is 2.12. The lowest BCUT2D eigenvalue weighted by Crippen LogP contribution is -1.89. The Bertz CT molecular complexity index is 578. The monoisotopic (exact) mass is 230 g/mol. The number of hydrogen-bond acceptors (Lipinski definition) is 4. The van der Waals surface area contributed by atoms with E-state index in [4.69, 9.17) is 0 Å². The second-order valence-electron chi connectivity index (χ2n) is 3.11. The van der Waals surface area contributed by atoms with Crippen LogP contribution in [0, 0.1) is 10.1 Å². The quantitative estimate of drug-likeness (QED) is 0.343. The number of hydrogen-bond donors (Lipinski definition) is 0. The SMILES string of the molecule is O=[N+]([O-])c1ccc(N=C=S)c2ccccc12. The number of benzene rings is 2. The lowest BCUT2D eigenvalue weighted by atomic mass is 10.1. The highest BCUT2D eigenvalue weighted by molar-refractivity contribution is 7.78. The standard InChI is InChI=1S/C11H6N2O2S/c14-13(15)11-6-5-10(12-7-16)8-3-1-2-4-9(8)11/h1-6H. The maximum Gasteiger partial charge on any atom is 0.277 e. The molecule has 0 aliphatic carbocycles. The van der Waals surface area contributed by atoms with Crippen molar-refractivity contribution in [2.45, 2.75) is 0 Å². The number of nitro groups is 1. The topological polar surface area (TPSA) is 55.5 Å². The molecule has 2 aromatic carbocycles. The van der Waals surface area contributed by atoms with Gasteiger partial charge in [0.15, 0.2) is 0 Å². The summed E-state index contributed by atoms with van der Waals surface area (Å²) in [6.45, 7) is 0. The number of rotatable bonds is 2. The van der Waals surface area contributed by atoms with E-state index in [0.717, 1.165) is 0 Å². The van der Waals surface area contributed by atoms with E-state index in [1.165, 1.54) is 6.07 Å². The molecule has 0 aliphatic heterocycles. The Kier molecular flexibility index (Phi) is 2.72. The molecule has 2 aromatic rings. The summed E-state index contributed by atoms with van der Waals surface area (Å²) >= 11 is 4.53. The first-order valence-electron chi connectivity index (χ1n) is 4.48. The molecule has 0 amide bonds. The van der Waals surface area contributed by atoms with E-state index in [0.29, 0.717) is 16.5 Å². The summed E-state index contributed by atoms with van der Waals surface area (Å²) in [4.78, 5) is 14.3. The molecule has 0 saturated heterocycles. The Labute approximate surface area is 96.4 Å². The summed E-state index contributed by atoms with van der Waals surface area (Å²) in [5.41, 5.74) is 0.662. The molecule has 0 N–H and O–H groups in total. The average Bonchev–Trinajstić information content (AvgIpc) is 2.29. The molecular weight excluding hydrogens is 224 g/mol. The first kappa shape index (κ1) is 10.4. The number of nitrogens with zero attached hydrogens (tertiary/aromatic N) is 2. The summed E-state index contributed by atoms with van der Waals surface area (Å²) in [6.07, 6.45) is 0. The number of thiocarbonyl (C=S) groups is 1. The van der Waals surface area contributed by atoms with E-state index in [1.807, 2.05) is 0 Å². The van der Waals surface area contributed by atoms with E-state index in [-0.39, 0.29) is 5.69 Å². The van der Waals surface area contributed by atoms with Gasteiger partial charge >= 0.3 is 0 Å². The maximum atomic E-state index is 10.8. The van der Waals surface area contributed by atoms with Crippen molar-refractivity contribution in [1.82, 2.24) is 0 Å². The van der Waals surface area contributed by atoms with E-state index < -0.39 is 4.92 Å². The normalized spacial score (nSPS) is 9.75. The van der Waals surface area contributed by atoms with Crippen LogP contribution in [0.15, 0.2) is 41.4 Å². The molecule has 5 heteroatoms. The Balaban J connectivity index is 2.87. The van der Waals surface area contributed by atoms with E-state index in [2.05, 4.69) is 22.4 Å². The van der Waals surface area contributed by atoms with Gasteiger partial charge in [0, 0.05) is 11.5 Å². The minimum absolute atomic E-state index is 0.0684. The molecule has 0 aromatic heterocycles. The highest BCUT2D eigenvalue weighted by Crippen LogP contribution is 2.32. The van der Waals surface area contributed by atoms with Gasteiger partial charge in [0.1, 0.15) is 0 Å². The van der Waals surface area contributed by atoms with Crippen LogP contribution in [0.4, 0.5) is 11.4 Å². The van der Waals surface area contributed by atoms with Crippen molar-refractivity contribution in [3.63, 3.8) is 0 Å². The van der Waals surface area contributed by atoms with Gasteiger partial charge < -0.3 is 0 Å². The van der Waals surface area contributed by atoms with Crippen LogP contribution in [0.25, 0.3) is 10.8 Å². The fourth-order valence-corrected chi connectivity index (χ4v) is 1.67. The second-order valence-corrected chi connectivity index (χ2v) is 3.29. The van der Waals surface area contributed by atoms with E-state index in [1.54, 1.807) is 30.3 Å². The van der Waals surface area contributed by atoms with Crippen molar-refractivity contribution in [2.24, 2.45) is 4.99 Å². The molecule has 16 heavy (non-hydrogen) atoms. The number of non-ortho nitro benzene ring substituents is 1. The van der Waals surface area contributed by atoms with Crippen molar-refractivity contribution in [2.75, 3.05) is 0 Å². The molecule has 0 radical (unpaired) electrons. The zero-order valence-corrected chi connectivity index (χ0v) is 8.90. The van der Waals surface area contributed by atoms with Crippen molar-refractivity contribution >= 4 is 39.5 Å². The average molecular weight is 230 g/mol. The van der Waals surface area contributed by atoms with Crippen LogP contribution >= 0.6 is 12.2 Å². The van der Waals surface area contributed by atoms with Gasteiger partial charge in [-0.3, -0.25) is 10.1 Å². The summed E-state index contributed by atoms with van der Waals surface area (Å²) in [5.74, 6) is 0. The first-order chi connectivity index (χ1) is 7.74. The van der Waals surface area contributed by atoms with Gasteiger partial charge in [0.05, 0.1) is 21.2 Å². The molecule has 0 fully saturated rings. The van der Waals surface area contributed by atoms with Crippen molar-refractivity contribution in [1.29, 1.82) is 0 Å². The Morgan fingerprint density at radius 2 is 1.88 bits per heavy atom. The second kappa shape index (κ2) is 4.18. The van der Waals surface area contributed by atoms with E-state index in [9.17, 15) is 10.1 Å². The van der Waals surface area contributed by atoms with Crippen molar-refractivity contribution in [3.8, 4) is 0 Å². The predicted octanol–water partition coefficient (Wildman–Crippen LogP) is 3.48. The first-order valence-corrected chi connectivity index (χ1v) is 4.89. The molecule has 0 spiro atoms.